The summed E-state index contributed by atoms with van der Waals surface area (Å²) in [6.45, 7) is 10.4. The van der Waals surface area contributed by atoms with E-state index in [0.29, 0.717) is 13.2 Å². The average Bonchev–Trinajstić information content (AvgIpc) is 2.32. The van der Waals surface area contributed by atoms with Crippen LogP contribution in [0.25, 0.3) is 0 Å². The third kappa shape index (κ3) is 10.6. The molecule has 118 valence electrons. The first-order valence-corrected chi connectivity index (χ1v) is 7.39. The third-order valence-electron chi connectivity index (χ3n) is 2.58. The van der Waals surface area contributed by atoms with Crippen LogP contribution in [0.15, 0.2) is 0 Å². The van der Waals surface area contributed by atoms with E-state index in [1.807, 2.05) is 34.6 Å². The molecule has 0 radical (unpaired) electrons. The largest absolute Gasteiger partial charge is 0.465 e. The quantitative estimate of drug-likeness (QED) is 0.549. The number of unbranched alkanes of at least 4 members (excludes halogenated alkanes) is 1. The molecular formula is C15H29NO4. The highest BCUT2D eigenvalue weighted by atomic mass is 16.6. The van der Waals surface area contributed by atoms with E-state index in [1.165, 1.54) is 0 Å². The van der Waals surface area contributed by atoms with E-state index in [2.05, 4.69) is 5.32 Å². The van der Waals surface area contributed by atoms with Gasteiger partial charge in [0.05, 0.1) is 12.5 Å². The smallest absolute Gasteiger partial charge is 0.407 e. The fourth-order valence-corrected chi connectivity index (χ4v) is 1.54. The number of hydrogen-bond donors (Lipinski definition) is 1. The number of alkyl carbamates (subject to hydrolysis) is 1. The van der Waals surface area contributed by atoms with Crippen molar-refractivity contribution in [2.75, 3.05) is 13.2 Å². The van der Waals surface area contributed by atoms with Gasteiger partial charge in [0.15, 0.2) is 0 Å². The van der Waals surface area contributed by atoms with Gasteiger partial charge in [0.1, 0.15) is 5.60 Å². The number of hydrogen-bond acceptors (Lipinski definition) is 4. The Morgan fingerprint density at radius 3 is 2.40 bits per heavy atom. The standard InChI is InChI=1S/C15H29NO4/c1-6-11-19-13(17)12(2)9-7-8-10-16-14(18)20-15(3,4)5/h12H,6-11H2,1-5H3,(H,16,18)/t12-/m0/s1. The van der Waals surface area contributed by atoms with Gasteiger partial charge >= 0.3 is 12.1 Å². The number of amides is 1. The van der Waals surface area contributed by atoms with Gasteiger partial charge in [0, 0.05) is 6.54 Å². The molecule has 5 nitrogen and oxygen atoms in total. The van der Waals surface area contributed by atoms with Crippen LogP contribution in [-0.4, -0.2) is 30.8 Å². The molecule has 0 aromatic carbocycles. The summed E-state index contributed by atoms with van der Waals surface area (Å²) in [5.41, 5.74) is -0.471. The summed E-state index contributed by atoms with van der Waals surface area (Å²) in [6, 6.07) is 0. The van der Waals surface area contributed by atoms with Crippen molar-refractivity contribution in [2.24, 2.45) is 5.92 Å². The van der Waals surface area contributed by atoms with Crippen LogP contribution in [0.3, 0.4) is 0 Å². The van der Waals surface area contributed by atoms with Gasteiger partial charge in [-0.25, -0.2) is 4.79 Å². The van der Waals surface area contributed by atoms with Crippen LogP contribution in [0, 0.1) is 5.92 Å². The van der Waals surface area contributed by atoms with E-state index in [0.717, 1.165) is 25.7 Å². The lowest BCUT2D eigenvalue weighted by atomic mass is 10.0. The van der Waals surface area contributed by atoms with Crippen LogP contribution in [0.1, 0.15) is 60.3 Å². The van der Waals surface area contributed by atoms with E-state index in [-0.39, 0.29) is 11.9 Å². The molecule has 5 heteroatoms. The number of nitrogens with one attached hydrogen (secondary N) is 1. The Morgan fingerprint density at radius 1 is 1.20 bits per heavy atom. The van der Waals surface area contributed by atoms with Gasteiger partial charge in [-0.05, 0) is 40.0 Å². The van der Waals surface area contributed by atoms with Crippen LogP contribution in [-0.2, 0) is 14.3 Å². The van der Waals surface area contributed by atoms with E-state index in [4.69, 9.17) is 9.47 Å². The molecule has 1 amide bonds. The number of rotatable bonds is 8. The van der Waals surface area contributed by atoms with Crippen molar-refractivity contribution < 1.29 is 19.1 Å². The van der Waals surface area contributed by atoms with Crippen molar-refractivity contribution in [3.05, 3.63) is 0 Å². The highest BCUT2D eigenvalue weighted by Gasteiger charge is 2.16. The SMILES string of the molecule is CCCOC(=O)[C@@H](C)CCCCNC(=O)OC(C)(C)C. The molecule has 0 fully saturated rings. The summed E-state index contributed by atoms with van der Waals surface area (Å²) >= 11 is 0. The van der Waals surface area contributed by atoms with Crippen LogP contribution in [0.2, 0.25) is 0 Å². The summed E-state index contributed by atoms with van der Waals surface area (Å²) in [4.78, 5) is 22.9. The van der Waals surface area contributed by atoms with Crippen molar-refractivity contribution in [3.8, 4) is 0 Å². The number of esters is 1. The first-order valence-electron chi connectivity index (χ1n) is 7.39. The molecule has 0 saturated heterocycles. The molecule has 0 aromatic rings. The molecule has 0 aliphatic rings. The summed E-state index contributed by atoms with van der Waals surface area (Å²) in [5, 5.41) is 2.70. The van der Waals surface area contributed by atoms with Crippen molar-refractivity contribution in [1.29, 1.82) is 0 Å². The molecule has 0 aromatic heterocycles. The van der Waals surface area contributed by atoms with Gasteiger partial charge in [-0.15, -0.1) is 0 Å². The molecule has 0 heterocycles. The first kappa shape index (κ1) is 18.7. The van der Waals surface area contributed by atoms with Gasteiger partial charge in [0.2, 0.25) is 0 Å². The molecule has 1 atom stereocenters. The Labute approximate surface area is 122 Å². The maximum atomic E-state index is 11.5. The average molecular weight is 287 g/mol. The number of carbonyl (C=O) groups is 2. The lowest BCUT2D eigenvalue weighted by molar-refractivity contribution is -0.148. The van der Waals surface area contributed by atoms with Gasteiger partial charge in [0.25, 0.3) is 0 Å². The zero-order chi connectivity index (χ0) is 15.6. The predicted molar refractivity (Wildman–Crippen MR) is 78.5 cm³/mol. The zero-order valence-electron chi connectivity index (χ0n) is 13.5. The lowest BCUT2D eigenvalue weighted by Gasteiger charge is -2.19. The molecule has 0 aliphatic carbocycles. The Balaban J connectivity index is 3.61. The van der Waals surface area contributed by atoms with E-state index in [9.17, 15) is 9.59 Å². The normalized spacial score (nSPS) is 12.7. The topological polar surface area (TPSA) is 64.6 Å². The molecule has 20 heavy (non-hydrogen) atoms. The van der Waals surface area contributed by atoms with Crippen molar-refractivity contribution >= 4 is 12.1 Å². The lowest BCUT2D eigenvalue weighted by Crippen LogP contribution is -2.33. The second kappa shape index (κ2) is 9.61. The minimum Gasteiger partial charge on any atom is -0.465 e. The highest BCUT2D eigenvalue weighted by molar-refractivity contribution is 5.71. The minimum absolute atomic E-state index is 0.0805. The molecule has 0 unspecified atom stereocenters. The third-order valence-corrected chi connectivity index (χ3v) is 2.58. The fourth-order valence-electron chi connectivity index (χ4n) is 1.54. The minimum atomic E-state index is -0.471. The maximum absolute atomic E-state index is 11.5. The maximum Gasteiger partial charge on any atom is 0.407 e. The monoisotopic (exact) mass is 287 g/mol. The van der Waals surface area contributed by atoms with Gasteiger partial charge in [-0.2, -0.15) is 0 Å². The highest BCUT2D eigenvalue weighted by Crippen LogP contribution is 2.10. The number of carbonyl (C=O) groups excluding carboxylic acids is 2. The van der Waals surface area contributed by atoms with Gasteiger partial charge < -0.3 is 14.8 Å². The van der Waals surface area contributed by atoms with Crippen molar-refractivity contribution in [3.63, 3.8) is 0 Å². The summed E-state index contributed by atoms with van der Waals surface area (Å²) in [5.74, 6) is -0.213. The van der Waals surface area contributed by atoms with Crippen LogP contribution in [0.4, 0.5) is 4.79 Å². The molecule has 0 aliphatic heterocycles. The predicted octanol–water partition coefficient (Wildman–Crippen LogP) is 3.27. The van der Waals surface area contributed by atoms with E-state index < -0.39 is 11.7 Å². The molecule has 0 spiro atoms. The second-order valence-corrected chi connectivity index (χ2v) is 5.99. The molecule has 1 N–H and O–H groups in total. The van der Waals surface area contributed by atoms with Gasteiger partial charge in [-0.1, -0.05) is 20.3 Å². The molecule has 0 bridgehead atoms. The Hall–Kier alpha value is -1.26. The molecule has 0 saturated carbocycles. The zero-order valence-corrected chi connectivity index (χ0v) is 13.5. The fraction of sp³-hybridized carbons (Fsp3) is 0.867. The summed E-state index contributed by atoms with van der Waals surface area (Å²) < 4.78 is 10.2. The van der Waals surface area contributed by atoms with Gasteiger partial charge in [-0.3, -0.25) is 4.79 Å². The summed E-state index contributed by atoms with van der Waals surface area (Å²) in [6.07, 6.45) is 2.92. The van der Waals surface area contributed by atoms with Crippen molar-refractivity contribution in [2.45, 2.75) is 65.9 Å². The van der Waals surface area contributed by atoms with E-state index >= 15 is 0 Å². The van der Waals surface area contributed by atoms with Crippen LogP contribution < -0.4 is 5.32 Å². The summed E-state index contributed by atoms with van der Waals surface area (Å²) in [7, 11) is 0. The molecular weight excluding hydrogens is 258 g/mol. The van der Waals surface area contributed by atoms with Crippen LogP contribution >= 0.6 is 0 Å². The molecule has 0 rings (SSSR count). The van der Waals surface area contributed by atoms with Crippen LogP contribution in [0.5, 0.6) is 0 Å². The van der Waals surface area contributed by atoms with E-state index in [1.54, 1.807) is 0 Å². The Bertz CT molecular complexity index is 297. The first-order chi connectivity index (χ1) is 9.26. The van der Waals surface area contributed by atoms with Crippen molar-refractivity contribution in [1.82, 2.24) is 5.32 Å². The Morgan fingerprint density at radius 2 is 1.85 bits per heavy atom. The second-order valence-electron chi connectivity index (χ2n) is 5.99. The number of ether oxygens (including phenoxy) is 2. The Kier molecular flexibility index (Phi) is 9.01.